The molecule has 1 aliphatic rings. The standard InChI is InChI=1S/C31H30FN5O4/c1-17-6-13-25(18(2)14-17)36-31(39)27-19(3)34-29-24(30(38)35-21-9-7-20(32)8-10-21)16-33-37(29)28(27)23-12-11-22(40-4)15-26(23)41-5/h6-16,28,34H,1-5H3,(H,35,38)(H,36,39). The second-order valence-electron chi connectivity index (χ2n) is 9.76. The fourth-order valence-electron chi connectivity index (χ4n) is 4.92. The van der Waals surface area contributed by atoms with Crippen LogP contribution in [0, 0.1) is 19.7 Å². The summed E-state index contributed by atoms with van der Waals surface area (Å²) >= 11 is 0. The average molecular weight is 556 g/mol. The van der Waals surface area contributed by atoms with Crippen molar-refractivity contribution in [2.24, 2.45) is 0 Å². The zero-order valence-electron chi connectivity index (χ0n) is 23.3. The lowest BCUT2D eigenvalue weighted by Crippen LogP contribution is -2.32. The van der Waals surface area contributed by atoms with Gasteiger partial charge in [0.25, 0.3) is 11.8 Å². The number of rotatable bonds is 7. The van der Waals surface area contributed by atoms with E-state index in [1.54, 1.807) is 30.8 Å². The fourth-order valence-corrected chi connectivity index (χ4v) is 4.92. The summed E-state index contributed by atoms with van der Waals surface area (Å²) in [4.78, 5) is 27.2. The molecule has 0 saturated heterocycles. The Morgan fingerprint density at radius 3 is 2.37 bits per heavy atom. The molecule has 0 radical (unpaired) electrons. The van der Waals surface area contributed by atoms with Crippen LogP contribution in [-0.2, 0) is 4.79 Å². The molecule has 1 aromatic heterocycles. The van der Waals surface area contributed by atoms with Gasteiger partial charge in [-0.1, -0.05) is 17.7 Å². The Balaban J connectivity index is 1.59. The van der Waals surface area contributed by atoms with Crippen molar-refractivity contribution in [3.63, 3.8) is 0 Å². The zero-order chi connectivity index (χ0) is 29.3. The van der Waals surface area contributed by atoms with Crippen molar-refractivity contribution in [3.05, 3.63) is 106 Å². The number of hydrogen-bond donors (Lipinski definition) is 3. The van der Waals surface area contributed by atoms with Crippen LogP contribution in [0.15, 0.2) is 78.1 Å². The number of carbonyl (C=O) groups excluding carboxylic acids is 2. The molecule has 9 nitrogen and oxygen atoms in total. The maximum Gasteiger partial charge on any atom is 0.261 e. The van der Waals surface area contributed by atoms with Crippen molar-refractivity contribution < 1.29 is 23.5 Å². The number of benzene rings is 3. The van der Waals surface area contributed by atoms with Crippen molar-refractivity contribution in [1.29, 1.82) is 0 Å². The molecule has 0 saturated carbocycles. The van der Waals surface area contributed by atoms with Gasteiger partial charge in [-0.2, -0.15) is 5.10 Å². The first-order chi connectivity index (χ1) is 19.7. The Labute approximate surface area is 237 Å². The summed E-state index contributed by atoms with van der Waals surface area (Å²) in [6.07, 6.45) is 1.43. The van der Waals surface area contributed by atoms with Crippen LogP contribution < -0.4 is 25.4 Å². The van der Waals surface area contributed by atoms with Crippen LogP contribution in [0.4, 0.5) is 21.6 Å². The van der Waals surface area contributed by atoms with Crippen LogP contribution in [0.2, 0.25) is 0 Å². The van der Waals surface area contributed by atoms with Crippen molar-refractivity contribution in [1.82, 2.24) is 9.78 Å². The topological polar surface area (TPSA) is 107 Å². The van der Waals surface area contributed by atoms with E-state index in [4.69, 9.17) is 9.47 Å². The largest absolute Gasteiger partial charge is 0.497 e. The van der Waals surface area contributed by atoms with E-state index in [9.17, 15) is 14.0 Å². The summed E-state index contributed by atoms with van der Waals surface area (Å²) in [5.74, 6) is 0.288. The minimum absolute atomic E-state index is 0.250. The van der Waals surface area contributed by atoms with Gasteiger partial charge in [0, 0.05) is 28.7 Å². The minimum atomic E-state index is -0.745. The highest BCUT2D eigenvalue weighted by Gasteiger charge is 2.37. The van der Waals surface area contributed by atoms with Crippen LogP contribution in [0.5, 0.6) is 11.5 Å². The van der Waals surface area contributed by atoms with Crippen LogP contribution >= 0.6 is 0 Å². The van der Waals surface area contributed by atoms with Crippen molar-refractivity contribution in [2.45, 2.75) is 26.8 Å². The summed E-state index contributed by atoms with van der Waals surface area (Å²) in [5, 5.41) is 13.6. The van der Waals surface area contributed by atoms with E-state index in [1.807, 2.05) is 38.1 Å². The van der Waals surface area contributed by atoms with Gasteiger partial charge in [0.15, 0.2) is 0 Å². The predicted molar refractivity (Wildman–Crippen MR) is 155 cm³/mol. The van der Waals surface area contributed by atoms with E-state index in [0.29, 0.717) is 45.5 Å². The summed E-state index contributed by atoms with van der Waals surface area (Å²) in [7, 11) is 3.10. The number of nitrogens with one attached hydrogen (secondary N) is 3. The first-order valence-electron chi connectivity index (χ1n) is 12.9. The van der Waals surface area contributed by atoms with Gasteiger partial charge in [0.05, 0.1) is 26.0 Å². The molecular formula is C31H30FN5O4. The molecule has 2 amide bonds. The molecule has 1 atom stereocenters. The minimum Gasteiger partial charge on any atom is -0.497 e. The average Bonchev–Trinajstić information content (AvgIpc) is 3.38. The van der Waals surface area contributed by atoms with Crippen molar-refractivity contribution in [2.75, 3.05) is 30.2 Å². The van der Waals surface area contributed by atoms with Gasteiger partial charge in [0.1, 0.15) is 34.7 Å². The maximum absolute atomic E-state index is 13.9. The van der Waals surface area contributed by atoms with E-state index < -0.39 is 17.8 Å². The molecule has 0 fully saturated rings. The number of ether oxygens (including phenoxy) is 2. The smallest absolute Gasteiger partial charge is 0.261 e. The molecule has 10 heteroatoms. The second kappa shape index (κ2) is 11.2. The van der Waals surface area contributed by atoms with Gasteiger partial charge < -0.3 is 25.4 Å². The van der Waals surface area contributed by atoms with Crippen LogP contribution in [0.1, 0.15) is 40.0 Å². The van der Waals surface area contributed by atoms with E-state index >= 15 is 0 Å². The number of aryl methyl sites for hydroxylation is 2. The molecule has 210 valence electrons. The Bertz CT molecular complexity index is 1680. The number of methoxy groups -OCH3 is 2. The molecule has 2 heterocycles. The maximum atomic E-state index is 13.9. The van der Waals surface area contributed by atoms with Gasteiger partial charge in [0.2, 0.25) is 0 Å². The van der Waals surface area contributed by atoms with Gasteiger partial charge in [-0.3, -0.25) is 9.59 Å². The molecule has 0 bridgehead atoms. The first kappa shape index (κ1) is 27.4. The van der Waals surface area contributed by atoms with Crippen LogP contribution in [-0.4, -0.2) is 35.8 Å². The van der Waals surface area contributed by atoms with Crippen LogP contribution in [0.3, 0.4) is 0 Å². The van der Waals surface area contributed by atoms with Crippen LogP contribution in [0.25, 0.3) is 0 Å². The van der Waals surface area contributed by atoms with Gasteiger partial charge in [-0.25, -0.2) is 9.07 Å². The van der Waals surface area contributed by atoms with E-state index in [0.717, 1.165) is 11.1 Å². The molecule has 3 N–H and O–H groups in total. The summed E-state index contributed by atoms with van der Waals surface area (Å²) in [5.41, 5.74) is 4.97. The summed E-state index contributed by atoms with van der Waals surface area (Å²) in [6, 6.07) is 15.9. The highest BCUT2D eigenvalue weighted by molar-refractivity contribution is 6.09. The second-order valence-corrected chi connectivity index (χ2v) is 9.76. The molecule has 0 spiro atoms. The molecule has 1 aliphatic heterocycles. The third kappa shape index (κ3) is 5.36. The number of carbonyl (C=O) groups is 2. The highest BCUT2D eigenvalue weighted by atomic mass is 19.1. The lowest BCUT2D eigenvalue weighted by Gasteiger charge is -2.31. The summed E-state index contributed by atoms with van der Waals surface area (Å²) < 4.78 is 26.0. The Kier molecular flexibility index (Phi) is 7.47. The van der Waals surface area contributed by atoms with E-state index in [2.05, 4.69) is 21.0 Å². The third-order valence-corrected chi connectivity index (χ3v) is 6.98. The molecule has 4 aromatic rings. The monoisotopic (exact) mass is 555 g/mol. The van der Waals surface area contributed by atoms with E-state index in [-0.39, 0.29) is 11.5 Å². The number of hydrogen-bond acceptors (Lipinski definition) is 6. The molecule has 41 heavy (non-hydrogen) atoms. The fraction of sp³-hybridized carbons (Fsp3) is 0.194. The quantitative estimate of drug-likeness (QED) is 0.265. The number of nitrogens with zero attached hydrogens (tertiary/aromatic N) is 2. The normalized spacial score (nSPS) is 14.1. The first-order valence-corrected chi connectivity index (χ1v) is 12.9. The Hall–Kier alpha value is -5.12. The molecule has 3 aromatic carbocycles. The van der Waals surface area contributed by atoms with Gasteiger partial charge >= 0.3 is 0 Å². The molecule has 0 aliphatic carbocycles. The number of halogens is 1. The highest BCUT2D eigenvalue weighted by Crippen LogP contribution is 2.42. The molecule has 1 unspecified atom stereocenters. The summed E-state index contributed by atoms with van der Waals surface area (Å²) in [6.45, 7) is 5.70. The zero-order valence-corrected chi connectivity index (χ0v) is 23.3. The number of aromatic nitrogens is 2. The SMILES string of the molecule is COc1ccc(C2C(C(=O)Nc3ccc(C)cc3C)=C(C)Nc3c(C(=O)Nc4ccc(F)cc4)cnn32)c(OC)c1. The number of allylic oxidation sites excluding steroid dienone is 1. The van der Waals surface area contributed by atoms with Crippen molar-refractivity contribution >= 4 is 29.0 Å². The third-order valence-electron chi connectivity index (χ3n) is 6.98. The number of fused-ring (bicyclic) bond motifs is 1. The molecular weight excluding hydrogens is 525 g/mol. The number of anilines is 3. The lowest BCUT2D eigenvalue weighted by atomic mass is 9.93. The lowest BCUT2D eigenvalue weighted by molar-refractivity contribution is -0.113. The number of amides is 2. The molecule has 5 rings (SSSR count). The Morgan fingerprint density at radius 2 is 1.68 bits per heavy atom. The predicted octanol–water partition coefficient (Wildman–Crippen LogP) is 5.84. The van der Waals surface area contributed by atoms with Crippen molar-refractivity contribution in [3.8, 4) is 11.5 Å². The van der Waals surface area contributed by atoms with E-state index in [1.165, 1.54) is 37.6 Å². The Morgan fingerprint density at radius 1 is 0.927 bits per heavy atom. The van der Waals surface area contributed by atoms with Gasteiger partial charge in [-0.15, -0.1) is 0 Å². The van der Waals surface area contributed by atoms with Gasteiger partial charge in [-0.05, 0) is 68.8 Å².